The molecule has 0 saturated heterocycles. The number of hydrogen-bond acceptors (Lipinski definition) is 6. The van der Waals surface area contributed by atoms with Gasteiger partial charge >= 0.3 is 15.1 Å². The van der Waals surface area contributed by atoms with Gasteiger partial charge in [0.2, 0.25) is 0 Å². The quantitative estimate of drug-likeness (QED) is 0.171. The van der Waals surface area contributed by atoms with E-state index >= 15 is 0 Å². The van der Waals surface area contributed by atoms with Crippen LogP contribution < -0.4 is 0 Å². The molecule has 3 rings (SSSR count). The fourth-order valence-electron chi connectivity index (χ4n) is 4.09. The van der Waals surface area contributed by atoms with Crippen molar-refractivity contribution in [2.75, 3.05) is 0 Å². The highest BCUT2D eigenvalue weighted by atomic mass is 35.5. The molecule has 0 radical (unpaired) electrons. The van der Waals surface area contributed by atoms with Gasteiger partial charge in [-0.1, -0.05) is 142 Å². The lowest BCUT2D eigenvalue weighted by atomic mass is 10.0. The second kappa shape index (κ2) is 18.2. The molecular weight excluding hydrogens is 732 g/mol. The largest absolute Gasteiger partial charge is 1.20 e. The van der Waals surface area contributed by atoms with Crippen LogP contribution in [-0.2, 0) is 25.7 Å². The average Bonchev–Trinajstić information content (AvgIpc) is 3.00. The Balaban J connectivity index is 1.80. The first-order valence-corrected chi connectivity index (χ1v) is 17.4. The summed E-state index contributed by atoms with van der Waals surface area (Å²) in [7, 11) is 0. The van der Waals surface area contributed by atoms with Crippen molar-refractivity contribution in [1.29, 1.82) is 0 Å². The summed E-state index contributed by atoms with van der Waals surface area (Å²) in [5, 5.41) is 0. The maximum absolute atomic E-state index is 13.2. The van der Waals surface area contributed by atoms with Gasteiger partial charge in [-0.05, 0) is 72.4 Å². The van der Waals surface area contributed by atoms with E-state index in [0.717, 1.165) is 16.7 Å². The standard InChI is InChI=1S/3C11H10Cl2O2.Al/c3*1-7(11(14)15)9-4-2-8(3-5-9)6-10(12)13;/h3*2-7H,1H3,(H,14,15);/q;;;+3/p-3. The van der Waals surface area contributed by atoms with Gasteiger partial charge in [-0.25, -0.2) is 0 Å². The lowest BCUT2D eigenvalue weighted by Crippen LogP contribution is -2.38. The highest BCUT2D eigenvalue weighted by molar-refractivity contribution is 6.58. The van der Waals surface area contributed by atoms with Crippen molar-refractivity contribution in [3.05, 3.63) is 120 Å². The van der Waals surface area contributed by atoms with E-state index in [1.165, 1.54) is 0 Å². The number of halogens is 6. The first kappa shape index (κ1) is 38.0. The third-order valence-electron chi connectivity index (χ3n) is 6.83. The first-order chi connectivity index (χ1) is 21.7. The molecule has 0 aliphatic carbocycles. The molecule has 3 aromatic rings. The van der Waals surface area contributed by atoms with Crippen LogP contribution >= 0.6 is 69.6 Å². The predicted molar refractivity (Wildman–Crippen MR) is 188 cm³/mol. The molecule has 0 saturated carbocycles. The van der Waals surface area contributed by atoms with Gasteiger partial charge in [-0.2, -0.15) is 0 Å². The van der Waals surface area contributed by atoms with Gasteiger partial charge in [0.05, 0.1) is 17.8 Å². The fraction of sp³-hybridized carbons (Fsp3) is 0.182. The van der Waals surface area contributed by atoms with E-state index in [9.17, 15) is 14.4 Å². The number of hydrogen-bond donors (Lipinski definition) is 0. The van der Waals surface area contributed by atoms with E-state index < -0.39 is 50.8 Å². The van der Waals surface area contributed by atoms with Gasteiger partial charge in [0.1, 0.15) is 13.5 Å². The van der Waals surface area contributed by atoms with Crippen LogP contribution in [0.1, 0.15) is 71.9 Å². The number of carbonyl (C=O) groups excluding carboxylic acids is 3. The number of carbonyl (C=O) groups is 3. The SMILES string of the molecule is CC(C(=O)[O][Al]([O]C(=O)C(C)c1ccc(C=C(Cl)Cl)cc1)[O]C(=O)C(C)c1ccc(C=C(Cl)Cl)cc1)c1ccc(C=C(Cl)Cl)cc1. The molecule has 6 nitrogen and oxygen atoms in total. The van der Waals surface area contributed by atoms with Crippen molar-refractivity contribution >= 4 is 121 Å². The molecule has 0 bridgehead atoms. The Labute approximate surface area is 302 Å². The molecule has 0 heterocycles. The van der Waals surface area contributed by atoms with Crippen LogP contribution in [0, 0.1) is 0 Å². The summed E-state index contributed by atoms with van der Waals surface area (Å²) in [6.45, 7) is 4.86. The van der Waals surface area contributed by atoms with E-state index in [2.05, 4.69) is 0 Å². The van der Waals surface area contributed by atoms with Crippen LogP contribution in [0.15, 0.2) is 86.3 Å². The van der Waals surface area contributed by atoms with Gasteiger partial charge < -0.3 is 11.4 Å². The zero-order valence-electron chi connectivity index (χ0n) is 24.7. The molecule has 3 aromatic carbocycles. The summed E-state index contributed by atoms with van der Waals surface area (Å²) < 4.78 is 17.0. The Morgan fingerprint density at radius 2 is 0.696 bits per heavy atom. The minimum absolute atomic E-state index is 0.0843. The van der Waals surface area contributed by atoms with Crippen molar-refractivity contribution in [3.8, 4) is 0 Å². The Bertz CT molecular complexity index is 1420. The van der Waals surface area contributed by atoms with E-state index in [0.29, 0.717) is 16.7 Å². The van der Waals surface area contributed by atoms with Crippen LogP contribution in [0.5, 0.6) is 0 Å². The second-order valence-electron chi connectivity index (χ2n) is 10.1. The maximum atomic E-state index is 13.2. The molecule has 0 aliphatic heterocycles. The van der Waals surface area contributed by atoms with Gasteiger partial charge in [0.25, 0.3) is 17.9 Å². The normalized spacial score (nSPS) is 12.5. The van der Waals surface area contributed by atoms with Crippen LogP contribution in [0.25, 0.3) is 18.2 Å². The predicted octanol–water partition coefficient (Wildman–Crippen LogP) is 10.3. The zero-order chi connectivity index (χ0) is 34.0. The smallest absolute Gasteiger partial charge is 0.550 e. The molecule has 0 aromatic heterocycles. The summed E-state index contributed by atoms with van der Waals surface area (Å²) >= 11 is 30.7. The maximum Gasteiger partial charge on any atom is 1.20 e. The highest BCUT2D eigenvalue weighted by Crippen LogP contribution is 2.25. The van der Waals surface area contributed by atoms with Crippen LogP contribution in [0.3, 0.4) is 0 Å². The lowest BCUT2D eigenvalue weighted by Gasteiger charge is -2.20. The van der Waals surface area contributed by atoms with Crippen molar-refractivity contribution in [3.63, 3.8) is 0 Å². The third kappa shape index (κ3) is 12.0. The molecule has 13 heteroatoms. The van der Waals surface area contributed by atoms with Crippen molar-refractivity contribution < 1.29 is 25.7 Å². The van der Waals surface area contributed by atoms with Gasteiger partial charge in [0, 0.05) is 0 Å². The molecule has 3 atom stereocenters. The van der Waals surface area contributed by atoms with E-state index in [4.69, 9.17) is 81.0 Å². The summed E-state index contributed by atoms with van der Waals surface area (Å²) in [4.78, 5) is 39.7. The highest BCUT2D eigenvalue weighted by Gasteiger charge is 2.51. The molecular formula is C33H27AlCl6O6. The minimum Gasteiger partial charge on any atom is -0.550 e. The van der Waals surface area contributed by atoms with Crippen LogP contribution in [0.2, 0.25) is 0 Å². The van der Waals surface area contributed by atoms with E-state index in [1.54, 1.807) is 112 Å². The monoisotopic (exact) mass is 756 g/mol. The Morgan fingerprint density at radius 3 is 0.891 bits per heavy atom. The molecule has 0 N–H and O–H groups in total. The van der Waals surface area contributed by atoms with Crippen molar-refractivity contribution in [1.82, 2.24) is 0 Å². The van der Waals surface area contributed by atoms with Crippen LogP contribution in [0.4, 0.5) is 0 Å². The Hall–Kier alpha value is -2.44. The van der Waals surface area contributed by atoms with Crippen molar-refractivity contribution in [2.45, 2.75) is 38.5 Å². The summed E-state index contributed by atoms with van der Waals surface area (Å²) in [5.74, 6) is -4.56. The number of benzene rings is 3. The first-order valence-electron chi connectivity index (χ1n) is 13.7. The zero-order valence-corrected chi connectivity index (χ0v) is 30.4. The minimum atomic E-state index is -3.72. The Kier molecular flexibility index (Phi) is 15.0. The van der Waals surface area contributed by atoms with E-state index in [1.807, 2.05) is 0 Å². The third-order valence-corrected chi connectivity index (χ3v) is 8.76. The van der Waals surface area contributed by atoms with Crippen LogP contribution in [-0.4, -0.2) is 33.1 Å². The van der Waals surface area contributed by atoms with Gasteiger partial charge in [0.15, 0.2) is 0 Å². The lowest BCUT2D eigenvalue weighted by molar-refractivity contribution is -0.149. The molecule has 3 unspecified atom stereocenters. The molecule has 0 aliphatic rings. The number of rotatable bonds is 12. The average molecular weight is 759 g/mol. The van der Waals surface area contributed by atoms with Gasteiger partial charge in [-0.15, -0.1) is 0 Å². The fourth-order valence-corrected chi connectivity index (χ4v) is 6.17. The molecule has 240 valence electrons. The van der Waals surface area contributed by atoms with Crippen molar-refractivity contribution in [2.24, 2.45) is 0 Å². The summed E-state index contributed by atoms with van der Waals surface area (Å²) in [5.41, 5.74) is 4.01. The topological polar surface area (TPSA) is 78.9 Å². The van der Waals surface area contributed by atoms with E-state index in [-0.39, 0.29) is 13.5 Å². The van der Waals surface area contributed by atoms with Gasteiger partial charge in [-0.3, -0.25) is 14.4 Å². The Morgan fingerprint density at radius 1 is 0.478 bits per heavy atom. The molecule has 0 fully saturated rings. The summed E-state index contributed by atoms with van der Waals surface area (Å²) in [6.07, 6.45) is 4.65. The molecule has 46 heavy (non-hydrogen) atoms. The summed E-state index contributed by atoms with van der Waals surface area (Å²) in [6, 6.07) is 20.6. The molecule has 0 spiro atoms. The molecule has 0 amide bonds. The second-order valence-corrected chi connectivity index (χ2v) is 14.4.